The number of nitrogens with zero attached hydrogens (tertiary/aromatic N) is 2. The van der Waals surface area contributed by atoms with E-state index >= 15 is 0 Å². The Morgan fingerprint density at radius 3 is 3.00 bits per heavy atom. The van der Waals surface area contributed by atoms with Crippen molar-refractivity contribution in [2.24, 2.45) is 5.73 Å². The van der Waals surface area contributed by atoms with Crippen LogP contribution in [0, 0.1) is 0 Å². The van der Waals surface area contributed by atoms with E-state index in [0.29, 0.717) is 5.25 Å². The van der Waals surface area contributed by atoms with E-state index in [4.69, 9.17) is 5.73 Å². The predicted octanol–water partition coefficient (Wildman–Crippen LogP) is 1.73. The average molecular weight is 270 g/mol. The number of aromatic amines is 1. The molecule has 18 heavy (non-hydrogen) atoms. The van der Waals surface area contributed by atoms with Gasteiger partial charge in [-0.25, -0.2) is 9.89 Å². The zero-order valence-corrected chi connectivity index (χ0v) is 11.7. The Balaban J connectivity index is 2.09. The highest BCUT2D eigenvalue weighted by atomic mass is 32.2. The Hall–Kier alpha value is -0.750. The van der Waals surface area contributed by atoms with Crippen LogP contribution in [-0.4, -0.2) is 26.1 Å². The first-order valence-corrected chi connectivity index (χ1v) is 7.67. The molecule has 2 atom stereocenters. The third-order valence-electron chi connectivity index (χ3n) is 3.43. The summed E-state index contributed by atoms with van der Waals surface area (Å²) in [4.78, 5) is 11.6. The van der Waals surface area contributed by atoms with Gasteiger partial charge in [-0.1, -0.05) is 37.9 Å². The van der Waals surface area contributed by atoms with Crippen molar-refractivity contribution in [3.05, 3.63) is 10.5 Å². The van der Waals surface area contributed by atoms with Crippen LogP contribution >= 0.6 is 11.8 Å². The van der Waals surface area contributed by atoms with Gasteiger partial charge in [-0.2, -0.15) is 0 Å². The first-order valence-electron chi connectivity index (χ1n) is 6.79. The van der Waals surface area contributed by atoms with Crippen molar-refractivity contribution < 1.29 is 0 Å². The summed E-state index contributed by atoms with van der Waals surface area (Å²) >= 11 is 1.67. The highest BCUT2D eigenvalue weighted by Crippen LogP contribution is 2.30. The van der Waals surface area contributed by atoms with Gasteiger partial charge in [-0.15, -0.1) is 5.10 Å². The molecule has 0 radical (unpaired) electrons. The maximum absolute atomic E-state index is 11.6. The Morgan fingerprint density at radius 1 is 1.44 bits per heavy atom. The van der Waals surface area contributed by atoms with Gasteiger partial charge in [0.25, 0.3) is 0 Å². The number of H-pyrrole nitrogens is 1. The van der Waals surface area contributed by atoms with Crippen molar-refractivity contribution in [2.75, 3.05) is 0 Å². The lowest BCUT2D eigenvalue weighted by atomic mass is 10.1. The van der Waals surface area contributed by atoms with Gasteiger partial charge in [0.15, 0.2) is 5.16 Å². The van der Waals surface area contributed by atoms with E-state index in [0.717, 1.165) is 31.0 Å². The summed E-state index contributed by atoms with van der Waals surface area (Å²) in [6.45, 7) is 2.78. The molecule has 1 aromatic rings. The molecular formula is C12H22N4OS. The normalized spacial score (nSPS) is 25.0. The molecule has 1 saturated carbocycles. The van der Waals surface area contributed by atoms with Crippen LogP contribution in [0.3, 0.4) is 0 Å². The SMILES string of the molecule is CCCn1c(SC2CCCCCC2N)n[nH]c1=O. The summed E-state index contributed by atoms with van der Waals surface area (Å²) in [7, 11) is 0. The van der Waals surface area contributed by atoms with Crippen LogP contribution in [0.1, 0.15) is 45.4 Å². The number of hydrogen-bond donors (Lipinski definition) is 2. The first-order chi connectivity index (χ1) is 8.72. The smallest absolute Gasteiger partial charge is 0.327 e. The van der Waals surface area contributed by atoms with Crippen LogP contribution in [0.2, 0.25) is 0 Å². The highest BCUT2D eigenvalue weighted by molar-refractivity contribution is 7.99. The summed E-state index contributed by atoms with van der Waals surface area (Å²) in [6, 6.07) is 0.222. The Labute approximate surface area is 112 Å². The van der Waals surface area contributed by atoms with Gasteiger partial charge in [0.05, 0.1) is 0 Å². The van der Waals surface area contributed by atoms with E-state index < -0.39 is 0 Å². The van der Waals surface area contributed by atoms with Gasteiger partial charge in [-0.3, -0.25) is 4.57 Å². The maximum atomic E-state index is 11.6. The minimum Gasteiger partial charge on any atom is -0.327 e. The molecule has 1 aliphatic rings. The zero-order chi connectivity index (χ0) is 13.0. The predicted molar refractivity (Wildman–Crippen MR) is 73.8 cm³/mol. The molecule has 0 amide bonds. The lowest BCUT2D eigenvalue weighted by Crippen LogP contribution is -2.31. The fourth-order valence-electron chi connectivity index (χ4n) is 2.40. The molecule has 1 heterocycles. The summed E-state index contributed by atoms with van der Waals surface area (Å²) in [5.74, 6) is 0. The fraction of sp³-hybridized carbons (Fsp3) is 0.833. The Bertz CT molecular complexity index is 428. The summed E-state index contributed by atoms with van der Waals surface area (Å²) in [6.07, 6.45) is 6.87. The number of nitrogens with two attached hydrogens (primary N) is 1. The van der Waals surface area contributed by atoms with E-state index in [9.17, 15) is 4.79 Å². The summed E-state index contributed by atoms with van der Waals surface area (Å²) in [5, 5.41) is 7.85. The average Bonchev–Trinajstić information content (AvgIpc) is 2.57. The second-order valence-electron chi connectivity index (χ2n) is 4.92. The minimum atomic E-state index is -0.110. The number of thioether (sulfide) groups is 1. The molecule has 0 aliphatic heterocycles. The second-order valence-corrected chi connectivity index (χ2v) is 6.13. The number of hydrogen-bond acceptors (Lipinski definition) is 4. The molecule has 3 N–H and O–H groups in total. The van der Waals surface area contributed by atoms with Crippen molar-refractivity contribution in [3.63, 3.8) is 0 Å². The Morgan fingerprint density at radius 2 is 2.22 bits per heavy atom. The zero-order valence-electron chi connectivity index (χ0n) is 10.9. The van der Waals surface area contributed by atoms with Crippen LogP contribution < -0.4 is 11.4 Å². The van der Waals surface area contributed by atoms with E-state index in [1.165, 1.54) is 19.3 Å². The Kier molecular flexibility index (Phi) is 4.88. The van der Waals surface area contributed by atoms with E-state index in [1.54, 1.807) is 16.3 Å². The highest BCUT2D eigenvalue weighted by Gasteiger charge is 2.23. The molecule has 102 valence electrons. The first kappa shape index (κ1) is 13.7. The molecule has 0 saturated heterocycles. The molecule has 1 fully saturated rings. The molecule has 1 aliphatic carbocycles. The van der Waals surface area contributed by atoms with Crippen LogP contribution in [0.5, 0.6) is 0 Å². The molecular weight excluding hydrogens is 248 g/mol. The lowest BCUT2D eigenvalue weighted by molar-refractivity contribution is 0.581. The molecule has 0 aromatic carbocycles. The third-order valence-corrected chi connectivity index (χ3v) is 4.84. The van der Waals surface area contributed by atoms with Crippen LogP contribution in [0.25, 0.3) is 0 Å². The van der Waals surface area contributed by atoms with Crippen molar-refractivity contribution >= 4 is 11.8 Å². The molecule has 1 aromatic heterocycles. The summed E-state index contributed by atoms with van der Waals surface area (Å²) in [5.41, 5.74) is 6.10. The molecule has 6 heteroatoms. The van der Waals surface area contributed by atoms with Crippen molar-refractivity contribution in [2.45, 2.75) is 68.4 Å². The lowest BCUT2D eigenvalue weighted by Gasteiger charge is -2.20. The number of rotatable bonds is 4. The van der Waals surface area contributed by atoms with Gasteiger partial charge in [0.1, 0.15) is 0 Å². The topological polar surface area (TPSA) is 76.7 Å². The molecule has 5 nitrogen and oxygen atoms in total. The van der Waals surface area contributed by atoms with Crippen molar-refractivity contribution in [3.8, 4) is 0 Å². The van der Waals surface area contributed by atoms with E-state index in [-0.39, 0.29) is 11.7 Å². The minimum absolute atomic E-state index is 0.110. The van der Waals surface area contributed by atoms with Crippen molar-refractivity contribution in [1.82, 2.24) is 14.8 Å². The van der Waals surface area contributed by atoms with E-state index in [2.05, 4.69) is 17.1 Å². The van der Waals surface area contributed by atoms with Crippen LogP contribution in [-0.2, 0) is 6.54 Å². The van der Waals surface area contributed by atoms with Gasteiger partial charge < -0.3 is 5.73 Å². The van der Waals surface area contributed by atoms with Gasteiger partial charge in [-0.05, 0) is 19.3 Å². The molecule has 0 bridgehead atoms. The summed E-state index contributed by atoms with van der Waals surface area (Å²) < 4.78 is 1.72. The quantitative estimate of drug-likeness (QED) is 0.817. The van der Waals surface area contributed by atoms with Crippen molar-refractivity contribution in [1.29, 1.82) is 0 Å². The molecule has 2 unspecified atom stereocenters. The fourth-order valence-corrected chi connectivity index (χ4v) is 3.66. The van der Waals surface area contributed by atoms with Gasteiger partial charge in [0.2, 0.25) is 0 Å². The molecule has 2 rings (SSSR count). The van der Waals surface area contributed by atoms with E-state index in [1.807, 2.05) is 0 Å². The third kappa shape index (κ3) is 3.17. The maximum Gasteiger partial charge on any atom is 0.343 e. The monoisotopic (exact) mass is 270 g/mol. The van der Waals surface area contributed by atoms with Gasteiger partial charge in [0, 0.05) is 17.8 Å². The second kappa shape index (κ2) is 6.43. The van der Waals surface area contributed by atoms with Gasteiger partial charge >= 0.3 is 5.69 Å². The number of nitrogens with one attached hydrogen (secondary N) is 1. The standard InChI is InChI=1S/C12H22N4OS/c1-2-8-16-11(17)14-15-12(16)18-10-7-5-3-4-6-9(10)13/h9-10H,2-8,13H2,1H3,(H,14,17). The largest absolute Gasteiger partial charge is 0.343 e. The van der Waals surface area contributed by atoms with Crippen LogP contribution in [0.4, 0.5) is 0 Å². The van der Waals surface area contributed by atoms with Crippen LogP contribution in [0.15, 0.2) is 9.95 Å². The number of aromatic nitrogens is 3. The molecule has 0 spiro atoms.